The highest BCUT2D eigenvalue weighted by atomic mass is 32.1. The van der Waals surface area contributed by atoms with E-state index in [1.807, 2.05) is 16.7 Å². The molecule has 166 valence electrons. The van der Waals surface area contributed by atoms with Crippen molar-refractivity contribution in [2.75, 3.05) is 36.5 Å². The van der Waals surface area contributed by atoms with Crippen LogP contribution in [0.2, 0.25) is 0 Å². The van der Waals surface area contributed by atoms with Crippen molar-refractivity contribution in [1.82, 2.24) is 14.3 Å². The van der Waals surface area contributed by atoms with E-state index in [9.17, 15) is 18.0 Å². The molecule has 2 aliphatic heterocycles. The molecule has 5 rings (SSSR count). The minimum absolute atomic E-state index is 0.0102. The Morgan fingerprint density at radius 1 is 1.29 bits per heavy atom. The number of hydrogen-bond donors (Lipinski definition) is 0. The number of hydrogen-bond acceptors (Lipinski definition) is 8. The van der Waals surface area contributed by atoms with Crippen LogP contribution in [0.25, 0.3) is 11.1 Å². The molecule has 2 saturated heterocycles. The Morgan fingerprint density at radius 3 is 2.55 bits per heavy atom. The van der Waals surface area contributed by atoms with E-state index < -0.39 is 11.9 Å². The van der Waals surface area contributed by atoms with Gasteiger partial charge in [0.05, 0.1) is 12.7 Å². The quantitative estimate of drug-likeness (QED) is 0.642. The van der Waals surface area contributed by atoms with Crippen molar-refractivity contribution in [1.29, 1.82) is 0 Å². The smallest absolute Gasteiger partial charge is 0.434 e. The Balaban J connectivity index is 1.53. The van der Waals surface area contributed by atoms with Crippen LogP contribution in [0.5, 0.6) is 0 Å². The fraction of sp³-hybridized carbons (Fsp3) is 0.600. The molecule has 3 aliphatic rings. The second-order valence-electron chi connectivity index (χ2n) is 8.49. The summed E-state index contributed by atoms with van der Waals surface area (Å²) >= 11 is 1.10. The van der Waals surface area contributed by atoms with Crippen LogP contribution in [0, 0.1) is 17.8 Å². The van der Waals surface area contributed by atoms with E-state index in [0.29, 0.717) is 37.4 Å². The summed E-state index contributed by atoms with van der Waals surface area (Å²) in [4.78, 5) is 24.0. The van der Waals surface area contributed by atoms with Crippen molar-refractivity contribution in [3.63, 3.8) is 0 Å². The van der Waals surface area contributed by atoms with Gasteiger partial charge in [0.1, 0.15) is 5.82 Å². The lowest BCUT2D eigenvalue weighted by atomic mass is 10.0. The van der Waals surface area contributed by atoms with E-state index in [-0.39, 0.29) is 41.3 Å². The third-order valence-corrected chi connectivity index (χ3v) is 7.33. The number of anilines is 2. The first-order chi connectivity index (χ1) is 14.8. The molecule has 2 aromatic heterocycles. The van der Waals surface area contributed by atoms with Gasteiger partial charge in [-0.15, -0.1) is 0 Å². The number of aromatic nitrogens is 3. The topological polar surface area (TPSA) is 71.5 Å². The van der Waals surface area contributed by atoms with Crippen molar-refractivity contribution in [2.45, 2.75) is 32.0 Å². The largest absolute Gasteiger partial charge is 0.469 e. The molecule has 4 heterocycles. The van der Waals surface area contributed by atoms with Crippen LogP contribution in [0.1, 0.15) is 25.5 Å². The predicted octanol–water partition coefficient (Wildman–Crippen LogP) is 3.46. The third-order valence-electron chi connectivity index (χ3n) is 6.75. The van der Waals surface area contributed by atoms with E-state index in [0.717, 1.165) is 18.0 Å². The fourth-order valence-electron chi connectivity index (χ4n) is 4.81. The minimum atomic E-state index is -4.62. The molecule has 0 unspecified atom stereocenters. The maximum absolute atomic E-state index is 14.1. The first-order valence-electron chi connectivity index (χ1n) is 10.2. The van der Waals surface area contributed by atoms with Gasteiger partial charge in [-0.1, -0.05) is 0 Å². The molecular weight excluding hydrogens is 431 g/mol. The number of carbonyl (C=O) groups is 1. The zero-order chi connectivity index (χ0) is 21.9. The summed E-state index contributed by atoms with van der Waals surface area (Å²) in [5, 5.41) is 1.60. The number of rotatable bonds is 5. The van der Waals surface area contributed by atoms with Gasteiger partial charge in [0.25, 0.3) is 0 Å². The molecule has 4 atom stereocenters. The molecule has 1 aliphatic carbocycles. The summed E-state index contributed by atoms with van der Waals surface area (Å²) in [6, 6.07) is 0.110. The molecule has 0 radical (unpaired) electrons. The van der Waals surface area contributed by atoms with Crippen molar-refractivity contribution in [3.05, 3.63) is 17.3 Å². The second kappa shape index (κ2) is 7.32. The van der Waals surface area contributed by atoms with E-state index in [4.69, 9.17) is 4.74 Å². The molecule has 7 nitrogen and oxygen atoms in total. The van der Waals surface area contributed by atoms with E-state index in [2.05, 4.69) is 14.3 Å². The van der Waals surface area contributed by atoms with Crippen LogP contribution >= 0.6 is 11.5 Å². The first-order valence-corrected chi connectivity index (χ1v) is 11.1. The summed E-state index contributed by atoms with van der Waals surface area (Å²) in [6.45, 7) is 3.74. The number of methoxy groups -OCH3 is 1. The van der Waals surface area contributed by atoms with Gasteiger partial charge in [0.15, 0.2) is 5.69 Å². The average molecular weight is 453 g/mol. The summed E-state index contributed by atoms with van der Waals surface area (Å²) in [6.07, 6.45) is -1.92. The van der Waals surface area contributed by atoms with Gasteiger partial charge in [-0.2, -0.15) is 18.2 Å². The van der Waals surface area contributed by atoms with Gasteiger partial charge in [0, 0.05) is 49.2 Å². The standard InChI is InChI=1S/C20H22F3N5O2S/c1-10-3-4-28(10)19-25-17(20(21,22)23)16(11-6-24-31-9-11)18(26-19)27-7-13-12(14(13)8-27)5-15(29)30-2/h6,9-10,12-14H,3-5,7-8H2,1-2H3/t10-,12-,13-,14+/m0/s1. The van der Waals surface area contributed by atoms with Crippen molar-refractivity contribution in [2.24, 2.45) is 17.8 Å². The van der Waals surface area contributed by atoms with Gasteiger partial charge < -0.3 is 14.5 Å². The Kier molecular flexibility index (Phi) is 4.83. The van der Waals surface area contributed by atoms with Gasteiger partial charge in [0.2, 0.25) is 5.95 Å². The fourth-order valence-corrected chi connectivity index (χ4v) is 5.34. The van der Waals surface area contributed by atoms with E-state index in [1.54, 1.807) is 5.38 Å². The molecular formula is C20H22F3N5O2S. The number of piperidine rings is 1. The van der Waals surface area contributed by atoms with Crippen molar-refractivity contribution >= 4 is 29.3 Å². The van der Waals surface area contributed by atoms with Crippen LogP contribution < -0.4 is 9.80 Å². The van der Waals surface area contributed by atoms with Crippen LogP contribution in [0.4, 0.5) is 24.9 Å². The molecule has 0 N–H and O–H groups in total. The Bertz CT molecular complexity index is 987. The normalized spacial score (nSPS) is 27.1. The van der Waals surface area contributed by atoms with Gasteiger partial charge in [-0.05, 0) is 42.6 Å². The van der Waals surface area contributed by atoms with Gasteiger partial charge >= 0.3 is 12.1 Å². The molecule has 2 aromatic rings. The lowest BCUT2D eigenvalue weighted by molar-refractivity contribution is -0.141. The number of nitrogens with zero attached hydrogens (tertiary/aromatic N) is 5. The molecule has 11 heteroatoms. The maximum Gasteiger partial charge on any atom is 0.434 e. The summed E-state index contributed by atoms with van der Waals surface area (Å²) in [5.41, 5.74) is -0.551. The molecule has 1 saturated carbocycles. The number of alkyl halides is 3. The van der Waals surface area contributed by atoms with Crippen LogP contribution in [-0.2, 0) is 15.7 Å². The predicted molar refractivity (Wildman–Crippen MR) is 109 cm³/mol. The zero-order valence-electron chi connectivity index (χ0n) is 17.1. The number of carbonyl (C=O) groups excluding carboxylic acids is 1. The molecule has 31 heavy (non-hydrogen) atoms. The second-order valence-corrected chi connectivity index (χ2v) is 9.15. The molecule has 0 bridgehead atoms. The van der Waals surface area contributed by atoms with Crippen LogP contribution in [0.3, 0.4) is 0 Å². The van der Waals surface area contributed by atoms with Gasteiger partial charge in [-0.3, -0.25) is 4.79 Å². The third kappa shape index (κ3) is 3.52. The molecule has 0 spiro atoms. The number of fused-ring (bicyclic) bond motifs is 1. The minimum Gasteiger partial charge on any atom is -0.469 e. The van der Waals surface area contributed by atoms with Crippen molar-refractivity contribution < 1.29 is 22.7 Å². The number of halogens is 3. The highest BCUT2D eigenvalue weighted by Gasteiger charge is 2.57. The molecule has 0 amide bonds. The average Bonchev–Trinajstić information content (AvgIpc) is 3.15. The lowest BCUT2D eigenvalue weighted by Gasteiger charge is -2.39. The van der Waals surface area contributed by atoms with Gasteiger partial charge in [-0.25, -0.2) is 9.36 Å². The van der Waals surface area contributed by atoms with E-state index >= 15 is 0 Å². The van der Waals surface area contributed by atoms with Crippen LogP contribution in [-0.4, -0.2) is 53.1 Å². The lowest BCUT2D eigenvalue weighted by Crippen LogP contribution is -2.47. The monoisotopic (exact) mass is 453 g/mol. The summed E-state index contributed by atoms with van der Waals surface area (Å²) < 4.78 is 51.1. The number of ether oxygens (including phenoxy) is 1. The SMILES string of the molecule is COC(=O)C[C@@H]1[C@H]2CN(c3nc(N4CC[C@@H]4C)nc(C(F)(F)F)c3-c3cnsc3)C[C@@H]12. The Labute approximate surface area is 181 Å². The Hall–Kier alpha value is -2.43. The number of esters is 1. The Morgan fingerprint density at radius 2 is 2.03 bits per heavy atom. The summed E-state index contributed by atoms with van der Waals surface area (Å²) in [7, 11) is 1.37. The zero-order valence-corrected chi connectivity index (χ0v) is 17.9. The molecule has 0 aromatic carbocycles. The first kappa shape index (κ1) is 20.5. The maximum atomic E-state index is 14.1. The van der Waals surface area contributed by atoms with E-state index in [1.165, 1.54) is 13.3 Å². The summed E-state index contributed by atoms with van der Waals surface area (Å²) in [5.74, 6) is 0.951. The van der Waals surface area contributed by atoms with Crippen LogP contribution in [0.15, 0.2) is 11.6 Å². The molecule has 3 fully saturated rings. The highest BCUT2D eigenvalue weighted by Crippen LogP contribution is 2.55. The highest BCUT2D eigenvalue weighted by molar-refractivity contribution is 7.03. The van der Waals surface area contributed by atoms with Crippen molar-refractivity contribution in [3.8, 4) is 11.1 Å².